The summed E-state index contributed by atoms with van der Waals surface area (Å²) < 4.78 is 11.5. The Bertz CT molecular complexity index is 895. The van der Waals surface area contributed by atoms with Gasteiger partial charge in [-0.05, 0) is 54.5 Å². The Morgan fingerprint density at radius 1 is 1.03 bits per heavy atom. The molecule has 5 N–H and O–H groups in total. The fourth-order valence-electron chi connectivity index (χ4n) is 4.96. The van der Waals surface area contributed by atoms with Gasteiger partial charge in [0.05, 0.1) is 32.0 Å². The molecule has 1 heterocycles. The maximum atomic E-state index is 10.8. The summed E-state index contributed by atoms with van der Waals surface area (Å²) in [5, 5.41) is 50.5. The first kappa shape index (κ1) is 20.8. The van der Waals surface area contributed by atoms with Crippen molar-refractivity contribution in [2.75, 3.05) is 7.11 Å². The van der Waals surface area contributed by atoms with Gasteiger partial charge in [-0.2, -0.15) is 0 Å². The number of aliphatic hydroxyl groups is 2. The smallest absolute Gasteiger partial charge is 0.200 e. The molecule has 0 spiro atoms. The van der Waals surface area contributed by atoms with E-state index in [1.165, 1.54) is 7.11 Å². The minimum absolute atomic E-state index is 0.0276. The highest BCUT2D eigenvalue weighted by molar-refractivity contribution is 5.58. The molecule has 162 valence electrons. The molecule has 7 heteroatoms. The average molecular weight is 416 g/mol. The van der Waals surface area contributed by atoms with Crippen LogP contribution in [0.25, 0.3) is 0 Å². The second-order valence-electron chi connectivity index (χ2n) is 8.23. The van der Waals surface area contributed by atoms with Crippen molar-refractivity contribution < 1.29 is 35.0 Å². The van der Waals surface area contributed by atoms with Gasteiger partial charge in [-0.3, -0.25) is 0 Å². The van der Waals surface area contributed by atoms with E-state index in [-0.39, 0.29) is 35.0 Å². The quantitative estimate of drug-likeness (QED) is 0.486. The number of ether oxygens (including phenoxy) is 2. The standard InChI is InChI=1S/C23H28O7/c1-29-21-9-16(17(11-24)22(27)23(21)28)20-10-18(26)15-7-4-13(8-19(15)30-20)12-2-5-14(25)6-3-12/h2-3,5-6,9,13,15,18-20,24-28H,4,7-8,10-11H2,1H3/t13-,15-,18+,19+,20+/m1/s1. The molecule has 1 saturated carbocycles. The van der Waals surface area contributed by atoms with Crippen LogP contribution in [0.2, 0.25) is 0 Å². The van der Waals surface area contributed by atoms with Gasteiger partial charge >= 0.3 is 0 Å². The lowest BCUT2D eigenvalue weighted by atomic mass is 9.72. The zero-order valence-electron chi connectivity index (χ0n) is 16.9. The van der Waals surface area contributed by atoms with Crippen molar-refractivity contribution in [3.63, 3.8) is 0 Å². The fraction of sp³-hybridized carbons (Fsp3) is 0.478. The number of benzene rings is 2. The largest absolute Gasteiger partial charge is 0.508 e. The Balaban J connectivity index is 1.61. The molecule has 1 aliphatic carbocycles. The molecule has 0 radical (unpaired) electrons. The summed E-state index contributed by atoms with van der Waals surface area (Å²) in [6.45, 7) is -0.473. The third-order valence-electron chi connectivity index (χ3n) is 6.60. The number of aliphatic hydroxyl groups excluding tert-OH is 2. The number of phenols is 3. The SMILES string of the molecule is COc1cc([C@@H]2C[C@H](O)[C@H]3CC[C@@H](c4ccc(O)cc4)C[C@@H]3O2)c(CO)c(O)c1O. The number of phenolic OH excluding ortho intramolecular Hbond substituents is 2. The van der Waals surface area contributed by atoms with Crippen molar-refractivity contribution in [1.29, 1.82) is 0 Å². The summed E-state index contributed by atoms with van der Waals surface area (Å²) in [5.41, 5.74) is 1.82. The normalized spacial score (nSPS) is 28.7. The molecule has 0 bridgehead atoms. The number of methoxy groups -OCH3 is 1. The summed E-state index contributed by atoms with van der Waals surface area (Å²) in [6.07, 6.45) is 1.56. The van der Waals surface area contributed by atoms with Crippen LogP contribution >= 0.6 is 0 Å². The van der Waals surface area contributed by atoms with Crippen LogP contribution < -0.4 is 4.74 Å². The maximum absolute atomic E-state index is 10.8. The van der Waals surface area contributed by atoms with Crippen molar-refractivity contribution in [1.82, 2.24) is 0 Å². The lowest BCUT2D eigenvalue weighted by Crippen LogP contribution is -2.44. The third kappa shape index (κ3) is 3.69. The molecule has 30 heavy (non-hydrogen) atoms. The van der Waals surface area contributed by atoms with Crippen LogP contribution in [0.5, 0.6) is 23.0 Å². The molecule has 7 nitrogen and oxygen atoms in total. The zero-order valence-corrected chi connectivity index (χ0v) is 16.9. The van der Waals surface area contributed by atoms with Crippen molar-refractivity contribution in [2.24, 2.45) is 5.92 Å². The Morgan fingerprint density at radius 2 is 1.77 bits per heavy atom. The van der Waals surface area contributed by atoms with Crippen molar-refractivity contribution in [3.05, 3.63) is 47.0 Å². The highest BCUT2D eigenvalue weighted by Crippen LogP contribution is 2.49. The van der Waals surface area contributed by atoms with Crippen LogP contribution in [0.15, 0.2) is 30.3 Å². The van der Waals surface area contributed by atoms with Crippen molar-refractivity contribution >= 4 is 0 Å². The predicted molar refractivity (Wildman–Crippen MR) is 109 cm³/mol. The van der Waals surface area contributed by atoms with E-state index in [9.17, 15) is 25.5 Å². The number of aromatic hydroxyl groups is 3. The summed E-state index contributed by atoms with van der Waals surface area (Å²) in [6, 6.07) is 8.76. The number of hydrogen-bond donors (Lipinski definition) is 5. The minimum Gasteiger partial charge on any atom is -0.508 e. The van der Waals surface area contributed by atoms with Gasteiger partial charge in [0, 0.05) is 17.9 Å². The van der Waals surface area contributed by atoms with E-state index >= 15 is 0 Å². The molecule has 2 aromatic rings. The monoisotopic (exact) mass is 416 g/mol. The van der Waals surface area contributed by atoms with Crippen LogP contribution in [0, 0.1) is 5.92 Å². The molecule has 5 atom stereocenters. The molecule has 0 aromatic heterocycles. The number of fused-ring (bicyclic) bond motifs is 1. The van der Waals surface area contributed by atoms with Crippen LogP contribution in [0.1, 0.15) is 54.4 Å². The summed E-state index contributed by atoms with van der Waals surface area (Å²) >= 11 is 0. The molecular formula is C23H28O7. The molecular weight excluding hydrogens is 388 g/mol. The van der Waals surface area contributed by atoms with E-state index < -0.39 is 30.3 Å². The summed E-state index contributed by atoms with van der Waals surface area (Å²) in [7, 11) is 1.38. The molecule has 4 rings (SSSR count). The van der Waals surface area contributed by atoms with Gasteiger partial charge in [0.25, 0.3) is 0 Å². The molecule has 0 amide bonds. The lowest BCUT2D eigenvalue weighted by molar-refractivity contribution is -0.154. The van der Waals surface area contributed by atoms with Crippen molar-refractivity contribution in [2.45, 2.75) is 56.5 Å². The first-order valence-electron chi connectivity index (χ1n) is 10.3. The van der Waals surface area contributed by atoms with E-state index in [0.717, 1.165) is 24.8 Å². The Hall–Kier alpha value is -2.48. The van der Waals surface area contributed by atoms with Gasteiger partial charge in [-0.25, -0.2) is 0 Å². The van der Waals surface area contributed by atoms with Gasteiger partial charge in [-0.15, -0.1) is 0 Å². The van der Waals surface area contributed by atoms with Crippen LogP contribution in [-0.4, -0.2) is 44.9 Å². The van der Waals surface area contributed by atoms with Crippen LogP contribution in [0.4, 0.5) is 0 Å². The second-order valence-corrected chi connectivity index (χ2v) is 8.23. The first-order chi connectivity index (χ1) is 14.4. The van der Waals surface area contributed by atoms with Gasteiger partial charge in [-0.1, -0.05) is 12.1 Å². The summed E-state index contributed by atoms with van der Waals surface area (Å²) in [4.78, 5) is 0. The van der Waals surface area contributed by atoms with E-state index in [4.69, 9.17) is 9.47 Å². The Morgan fingerprint density at radius 3 is 2.43 bits per heavy atom. The Labute approximate surface area is 175 Å². The van der Waals surface area contributed by atoms with E-state index in [1.807, 2.05) is 12.1 Å². The molecule has 2 aromatic carbocycles. The van der Waals surface area contributed by atoms with Crippen LogP contribution in [-0.2, 0) is 11.3 Å². The topological polar surface area (TPSA) is 120 Å². The zero-order chi connectivity index (χ0) is 21.4. The highest BCUT2D eigenvalue weighted by Gasteiger charge is 2.43. The van der Waals surface area contributed by atoms with E-state index in [0.29, 0.717) is 12.0 Å². The highest BCUT2D eigenvalue weighted by atomic mass is 16.5. The van der Waals surface area contributed by atoms with E-state index in [1.54, 1.807) is 18.2 Å². The summed E-state index contributed by atoms with van der Waals surface area (Å²) in [5.74, 6) is -0.250. The lowest BCUT2D eigenvalue weighted by Gasteiger charge is -2.45. The number of hydrogen-bond acceptors (Lipinski definition) is 7. The third-order valence-corrected chi connectivity index (χ3v) is 6.60. The van der Waals surface area contributed by atoms with Gasteiger partial charge in [0.1, 0.15) is 5.75 Å². The van der Waals surface area contributed by atoms with Crippen molar-refractivity contribution in [3.8, 4) is 23.0 Å². The Kier molecular flexibility index (Phi) is 5.77. The van der Waals surface area contributed by atoms with Gasteiger partial charge in [0.15, 0.2) is 11.5 Å². The maximum Gasteiger partial charge on any atom is 0.200 e. The van der Waals surface area contributed by atoms with Gasteiger partial charge in [0.2, 0.25) is 5.75 Å². The molecule has 2 fully saturated rings. The predicted octanol–water partition coefficient (Wildman–Crippen LogP) is 3.08. The molecule has 1 saturated heterocycles. The average Bonchev–Trinajstić information content (AvgIpc) is 2.75. The minimum atomic E-state index is -0.567. The molecule has 2 aliphatic rings. The fourth-order valence-corrected chi connectivity index (χ4v) is 4.96. The van der Waals surface area contributed by atoms with Gasteiger partial charge < -0.3 is 35.0 Å². The first-order valence-corrected chi connectivity index (χ1v) is 10.3. The number of rotatable bonds is 4. The second kappa shape index (κ2) is 8.34. The van der Waals surface area contributed by atoms with E-state index in [2.05, 4.69) is 0 Å². The molecule has 1 aliphatic heterocycles. The molecule has 0 unspecified atom stereocenters. The van der Waals surface area contributed by atoms with Crippen LogP contribution in [0.3, 0.4) is 0 Å².